The predicted molar refractivity (Wildman–Crippen MR) is 172 cm³/mol. The molecule has 1 amide bonds. The van der Waals surface area contributed by atoms with Gasteiger partial charge in [0.1, 0.15) is 30.5 Å². The largest absolute Gasteiger partial charge is 0.460 e. The molecular weight excluding hydrogens is 590 g/mol. The Balaban J connectivity index is 1.43. The summed E-state index contributed by atoms with van der Waals surface area (Å²) in [7, 11) is -3.00. The third-order valence-electron chi connectivity index (χ3n) is 8.76. The first kappa shape index (κ1) is 32.8. The lowest BCUT2D eigenvalue weighted by molar-refractivity contribution is -0.158. The van der Waals surface area contributed by atoms with Crippen LogP contribution in [0, 0.1) is 0 Å². The molecule has 0 spiro atoms. The Morgan fingerprint density at radius 1 is 0.978 bits per heavy atom. The van der Waals surface area contributed by atoms with Crippen molar-refractivity contribution in [1.29, 1.82) is 0 Å². The SMILES string of the molecule is CC(=O)O[C@@H]1C[C@H](O)[C@](O)(C[C@@H](CO[Si](c2ccccc2)(c2ccccc2)C(C)(C)C)NC(=O)OCc2ccccc2)[C@H]2O[C@@H]12. The molecule has 1 aliphatic heterocycles. The van der Waals surface area contributed by atoms with Gasteiger partial charge in [0.15, 0.2) is 0 Å². The minimum Gasteiger partial charge on any atom is -0.460 e. The van der Waals surface area contributed by atoms with E-state index < -0.39 is 56.4 Å². The molecule has 1 heterocycles. The van der Waals surface area contributed by atoms with E-state index in [1.165, 1.54) is 6.92 Å². The van der Waals surface area contributed by atoms with E-state index in [-0.39, 0.29) is 31.1 Å². The van der Waals surface area contributed by atoms with Crippen molar-refractivity contribution >= 4 is 30.8 Å². The van der Waals surface area contributed by atoms with Gasteiger partial charge in [-0.1, -0.05) is 112 Å². The van der Waals surface area contributed by atoms with Crippen LogP contribution < -0.4 is 15.7 Å². The molecule has 3 aromatic rings. The summed E-state index contributed by atoms with van der Waals surface area (Å²) in [6, 6.07) is 28.8. The van der Waals surface area contributed by atoms with Crippen LogP contribution in [0.15, 0.2) is 91.0 Å². The second-order valence-corrected chi connectivity index (χ2v) is 17.3. The average Bonchev–Trinajstić information content (AvgIpc) is 3.83. The van der Waals surface area contributed by atoms with Gasteiger partial charge in [0.2, 0.25) is 0 Å². The Kier molecular flexibility index (Phi) is 9.81. The van der Waals surface area contributed by atoms with Crippen molar-refractivity contribution in [3.63, 3.8) is 0 Å². The van der Waals surface area contributed by atoms with Gasteiger partial charge in [0.25, 0.3) is 8.32 Å². The van der Waals surface area contributed by atoms with Crippen LogP contribution in [0.4, 0.5) is 4.79 Å². The molecule has 0 bridgehead atoms. The van der Waals surface area contributed by atoms with Crippen molar-refractivity contribution in [3.05, 3.63) is 96.6 Å². The van der Waals surface area contributed by atoms with Gasteiger partial charge in [0.05, 0.1) is 18.8 Å². The maximum atomic E-state index is 13.2. The van der Waals surface area contributed by atoms with Gasteiger partial charge < -0.3 is 34.2 Å². The number of ether oxygens (including phenoxy) is 3. The number of rotatable bonds is 11. The van der Waals surface area contributed by atoms with Crippen molar-refractivity contribution in [2.75, 3.05) is 6.61 Å². The zero-order valence-corrected chi connectivity index (χ0v) is 27.2. The maximum absolute atomic E-state index is 13.2. The highest BCUT2D eigenvalue weighted by molar-refractivity contribution is 6.99. The van der Waals surface area contributed by atoms with Crippen molar-refractivity contribution < 1.29 is 38.4 Å². The summed E-state index contributed by atoms with van der Waals surface area (Å²) in [4.78, 5) is 24.8. The minimum absolute atomic E-state index is 0.0119. The number of benzene rings is 3. The van der Waals surface area contributed by atoms with Crippen LogP contribution in [0.5, 0.6) is 0 Å². The van der Waals surface area contributed by atoms with E-state index in [0.29, 0.717) is 0 Å². The van der Waals surface area contributed by atoms with Crippen LogP contribution in [0.2, 0.25) is 5.04 Å². The summed E-state index contributed by atoms with van der Waals surface area (Å²) in [5, 5.41) is 27.8. The molecule has 5 rings (SSSR count). The molecule has 45 heavy (non-hydrogen) atoms. The van der Waals surface area contributed by atoms with Gasteiger partial charge >= 0.3 is 12.1 Å². The van der Waals surface area contributed by atoms with Gasteiger partial charge in [-0.3, -0.25) is 4.79 Å². The van der Waals surface area contributed by atoms with Gasteiger partial charge in [-0.05, 0) is 21.0 Å². The standard InChI is InChI=1S/C35H43NO8Si/c1-24(37)43-29-20-30(38)35(40,32-31(29)44-32)21-26(36-33(39)41-22-25-14-8-5-9-15-25)23-42-45(34(2,3)4,27-16-10-6-11-17-27)28-18-12-7-13-19-28/h5-19,26,29-32,38,40H,20-23H2,1-4H3,(H,36,39)/t26-,29+,30-,31-,32-,35+/m0/s1. The van der Waals surface area contributed by atoms with Crippen LogP contribution in [0.1, 0.15) is 46.1 Å². The summed E-state index contributed by atoms with van der Waals surface area (Å²) < 4.78 is 23.7. The van der Waals surface area contributed by atoms with Crippen LogP contribution >= 0.6 is 0 Å². The fourth-order valence-corrected chi connectivity index (χ4v) is 11.2. The lowest BCUT2D eigenvalue weighted by Gasteiger charge is -2.44. The third-order valence-corrected chi connectivity index (χ3v) is 13.8. The number of hydrogen-bond acceptors (Lipinski definition) is 8. The van der Waals surface area contributed by atoms with Gasteiger partial charge in [-0.2, -0.15) is 0 Å². The van der Waals surface area contributed by atoms with Crippen LogP contribution in [0.3, 0.4) is 0 Å². The molecule has 240 valence electrons. The van der Waals surface area contributed by atoms with Crippen LogP contribution in [-0.2, 0) is 30.0 Å². The third kappa shape index (κ3) is 7.15. The molecule has 9 nitrogen and oxygen atoms in total. The number of hydrogen-bond donors (Lipinski definition) is 3. The molecular formula is C35H43NO8Si. The molecule has 3 N–H and O–H groups in total. The van der Waals surface area contributed by atoms with E-state index in [1.807, 2.05) is 66.7 Å². The van der Waals surface area contributed by atoms with E-state index >= 15 is 0 Å². The molecule has 0 unspecified atom stereocenters. The quantitative estimate of drug-likeness (QED) is 0.167. The summed E-state index contributed by atoms with van der Waals surface area (Å²) in [5.41, 5.74) is -0.882. The van der Waals surface area contributed by atoms with E-state index in [1.54, 1.807) is 0 Å². The average molecular weight is 634 g/mol. The van der Waals surface area contributed by atoms with Crippen molar-refractivity contribution in [1.82, 2.24) is 5.32 Å². The first-order chi connectivity index (χ1) is 21.4. The molecule has 1 aliphatic carbocycles. The molecule has 10 heteroatoms. The fourth-order valence-electron chi connectivity index (χ4n) is 6.60. The number of carbonyl (C=O) groups is 2. The molecule has 1 saturated carbocycles. The molecule has 2 aliphatic rings. The maximum Gasteiger partial charge on any atom is 0.407 e. The van der Waals surface area contributed by atoms with E-state index in [0.717, 1.165) is 15.9 Å². The number of carbonyl (C=O) groups excluding carboxylic acids is 2. The molecule has 6 atom stereocenters. The zero-order chi connectivity index (χ0) is 32.2. The van der Waals surface area contributed by atoms with Crippen molar-refractivity contribution in [2.45, 2.75) is 88.2 Å². The number of epoxide rings is 1. The highest BCUT2D eigenvalue weighted by Crippen LogP contribution is 2.47. The summed E-state index contributed by atoms with van der Waals surface area (Å²) in [6.45, 7) is 7.88. The number of nitrogens with one attached hydrogen (secondary N) is 1. The van der Waals surface area contributed by atoms with E-state index in [9.17, 15) is 19.8 Å². The number of aliphatic hydroxyl groups is 2. The predicted octanol–water partition coefficient (Wildman–Crippen LogP) is 3.44. The lowest BCUT2D eigenvalue weighted by atomic mass is 9.77. The second kappa shape index (κ2) is 13.4. The lowest BCUT2D eigenvalue weighted by Crippen LogP contribution is -2.67. The smallest absolute Gasteiger partial charge is 0.407 e. The second-order valence-electron chi connectivity index (χ2n) is 13.0. The zero-order valence-electron chi connectivity index (χ0n) is 26.2. The number of amides is 1. The Morgan fingerprint density at radius 2 is 1.53 bits per heavy atom. The molecule has 1 saturated heterocycles. The molecule has 0 radical (unpaired) electrons. The van der Waals surface area contributed by atoms with Gasteiger partial charge in [0, 0.05) is 19.8 Å². The number of alkyl carbamates (subject to hydrolysis) is 1. The Hall–Kier alpha value is -3.54. The highest BCUT2D eigenvalue weighted by Gasteiger charge is 2.66. The molecule has 2 fully saturated rings. The van der Waals surface area contributed by atoms with Crippen LogP contribution in [-0.4, -0.2) is 73.3 Å². The number of fused-ring (bicyclic) bond motifs is 1. The number of aliphatic hydroxyl groups excluding tert-OH is 1. The van der Waals surface area contributed by atoms with Gasteiger partial charge in [-0.25, -0.2) is 4.79 Å². The Morgan fingerprint density at radius 3 is 2.07 bits per heavy atom. The Labute approximate surface area is 265 Å². The Bertz CT molecular complexity index is 1390. The highest BCUT2D eigenvalue weighted by atomic mass is 28.4. The van der Waals surface area contributed by atoms with Crippen molar-refractivity contribution in [3.8, 4) is 0 Å². The molecule has 0 aromatic heterocycles. The fraction of sp³-hybridized carbons (Fsp3) is 0.429. The topological polar surface area (TPSA) is 127 Å². The number of esters is 1. The van der Waals surface area contributed by atoms with Gasteiger partial charge in [-0.15, -0.1) is 0 Å². The summed E-state index contributed by atoms with van der Waals surface area (Å²) in [6.07, 6.45) is -3.94. The van der Waals surface area contributed by atoms with Crippen molar-refractivity contribution in [2.24, 2.45) is 0 Å². The minimum atomic E-state index is -3.00. The normalized spacial score (nSPS) is 25.0. The summed E-state index contributed by atoms with van der Waals surface area (Å²) in [5.74, 6) is -0.480. The molecule has 3 aromatic carbocycles. The first-order valence-corrected chi connectivity index (χ1v) is 17.3. The summed E-state index contributed by atoms with van der Waals surface area (Å²) >= 11 is 0. The first-order valence-electron chi connectivity index (χ1n) is 15.4. The van der Waals surface area contributed by atoms with Crippen LogP contribution in [0.25, 0.3) is 0 Å². The van der Waals surface area contributed by atoms with E-state index in [4.69, 9.17) is 18.6 Å². The van der Waals surface area contributed by atoms with E-state index in [2.05, 4.69) is 50.4 Å². The monoisotopic (exact) mass is 633 g/mol.